The molecule has 2 aromatic rings. The summed E-state index contributed by atoms with van der Waals surface area (Å²) >= 11 is 0. The van der Waals surface area contributed by atoms with Crippen molar-refractivity contribution >= 4 is 23.5 Å². The normalized spacial score (nSPS) is 19.0. The van der Waals surface area contributed by atoms with Gasteiger partial charge in [0.05, 0.1) is 11.6 Å². The second kappa shape index (κ2) is 6.69. The number of nitrogens with one attached hydrogen (secondary N) is 2. The average Bonchev–Trinajstić information content (AvgIpc) is 2.87. The second-order valence-electron chi connectivity index (χ2n) is 6.05. The molecule has 0 unspecified atom stereocenters. The lowest BCUT2D eigenvalue weighted by atomic mass is 9.92. The Morgan fingerprint density at radius 1 is 1.19 bits per heavy atom. The molecule has 3 rings (SSSR count). The van der Waals surface area contributed by atoms with Gasteiger partial charge in [-0.05, 0) is 30.7 Å². The van der Waals surface area contributed by atoms with Crippen molar-refractivity contribution in [3.8, 4) is 6.07 Å². The maximum Gasteiger partial charge on any atom is 0.325 e. The van der Waals surface area contributed by atoms with E-state index in [0.717, 1.165) is 4.90 Å². The molecule has 0 saturated carbocycles. The molecule has 1 aliphatic rings. The van der Waals surface area contributed by atoms with Crippen LogP contribution in [0.15, 0.2) is 54.6 Å². The summed E-state index contributed by atoms with van der Waals surface area (Å²) in [6, 6.07) is 16.6. The largest absolute Gasteiger partial charge is 0.325 e. The van der Waals surface area contributed by atoms with Gasteiger partial charge in [-0.3, -0.25) is 14.5 Å². The number of carbonyl (C=O) groups excluding carboxylic acids is 3. The zero-order valence-electron chi connectivity index (χ0n) is 14.0. The predicted molar refractivity (Wildman–Crippen MR) is 93.8 cm³/mol. The van der Waals surface area contributed by atoms with Crippen LogP contribution in [-0.4, -0.2) is 29.3 Å². The van der Waals surface area contributed by atoms with E-state index >= 15 is 0 Å². The molecular weight excluding hydrogens is 332 g/mol. The summed E-state index contributed by atoms with van der Waals surface area (Å²) in [6.07, 6.45) is 0. The molecule has 0 aliphatic carbocycles. The zero-order chi connectivity index (χ0) is 18.7. The lowest BCUT2D eigenvalue weighted by molar-refractivity contribution is -0.133. The van der Waals surface area contributed by atoms with Crippen molar-refractivity contribution in [2.24, 2.45) is 0 Å². The van der Waals surface area contributed by atoms with Gasteiger partial charge >= 0.3 is 6.03 Å². The lowest BCUT2D eigenvalue weighted by Crippen LogP contribution is -2.42. The lowest BCUT2D eigenvalue weighted by Gasteiger charge is -2.22. The number of carbonyl (C=O) groups is 3. The third kappa shape index (κ3) is 3.13. The first-order valence-electron chi connectivity index (χ1n) is 7.94. The van der Waals surface area contributed by atoms with Crippen molar-refractivity contribution in [1.82, 2.24) is 10.2 Å². The molecule has 0 bridgehead atoms. The highest BCUT2D eigenvalue weighted by Crippen LogP contribution is 2.28. The van der Waals surface area contributed by atoms with Gasteiger partial charge in [-0.25, -0.2) is 4.79 Å². The Kier molecular flexibility index (Phi) is 4.42. The zero-order valence-corrected chi connectivity index (χ0v) is 14.0. The molecule has 7 nitrogen and oxygen atoms in total. The first kappa shape index (κ1) is 17.2. The summed E-state index contributed by atoms with van der Waals surface area (Å²) < 4.78 is 0. The van der Waals surface area contributed by atoms with E-state index in [9.17, 15) is 14.4 Å². The number of benzene rings is 2. The highest BCUT2D eigenvalue weighted by atomic mass is 16.2. The van der Waals surface area contributed by atoms with Gasteiger partial charge in [0, 0.05) is 5.69 Å². The third-order valence-corrected chi connectivity index (χ3v) is 4.20. The number of anilines is 1. The van der Waals surface area contributed by atoms with Gasteiger partial charge in [-0.15, -0.1) is 0 Å². The van der Waals surface area contributed by atoms with E-state index in [1.807, 2.05) is 12.1 Å². The Hall–Kier alpha value is -3.66. The standard InChI is InChI=1S/C19H16N4O3/c1-19(14-7-3-2-4-8-14)17(25)23(18(26)22-19)12-16(24)21-15-9-5-6-13(10-15)11-20/h2-10H,12H2,1H3,(H,21,24)(H,22,26)/t19-/m1/s1. The van der Waals surface area contributed by atoms with Gasteiger partial charge < -0.3 is 10.6 Å². The van der Waals surface area contributed by atoms with Gasteiger partial charge in [-0.2, -0.15) is 5.26 Å². The van der Waals surface area contributed by atoms with Crippen LogP contribution in [0.1, 0.15) is 18.1 Å². The summed E-state index contributed by atoms with van der Waals surface area (Å²) in [5.41, 5.74) is 0.253. The van der Waals surface area contributed by atoms with Gasteiger partial charge in [0.1, 0.15) is 12.1 Å². The van der Waals surface area contributed by atoms with Gasteiger partial charge in [-0.1, -0.05) is 36.4 Å². The molecular formula is C19H16N4O3. The van der Waals surface area contributed by atoms with Gasteiger partial charge in [0.25, 0.3) is 5.91 Å². The number of nitrogens with zero attached hydrogens (tertiary/aromatic N) is 2. The number of amides is 4. The molecule has 1 atom stereocenters. The second-order valence-corrected chi connectivity index (χ2v) is 6.05. The molecule has 4 amide bonds. The van der Waals surface area contributed by atoms with Crippen LogP contribution in [0.5, 0.6) is 0 Å². The van der Waals surface area contributed by atoms with E-state index in [0.29, 0.717) is 16.8 Å². The maximum atomic E-state index is 12.7. The van der Waals surface area contributed by atoms with Crippen LogP contribution in [-0.2, 0) is 15.1 Å². The molecule has 1 aliphatic heterocycles. The Balaban J connectivity index is 1.74. The Bertz CT molecular complexity index is 920. The minimum Gasteiger partial charge on any atom is -0.324 e. The molecule has 0 aromatic heterocycles. The number of hydrogen-bond acceptors (Lipinski definition) is 4. The number of urea groups is 1. The highest BCUT2D eigenvalue weighted by Gasteiger charge is 2.49. The maximum absolute atomic E-state index is 12.7. The summed E-state index contributed by atoms with van der Waals surface area (Å²) in [4.78, 5) is 38.1. The van der Waals surface area contributed by atoms with Crippen LogP contribution in [0.25, 0.3) is 0 Å². The van der Waals surface area contributed by atoms with Crippen molar-refractivity contribution in [3.63, 3.8) is 0 Å². The molecule has 1 saturated heterocycles. The third-order valence-electron chi connectivity index (χ3n) is 4.20. The summed E-state index contributed by atoms with van der Waals surface area (Å²) in [6.45, 7) is 1.20. The van der Waals surface area contributed by atoms with E-state index < -0.39 is 29.9 Å². The minimum atomic E-state index is -1.21. The minimum absolute atomic E-state index is 0.398. The smallest absolute Gasteiger partial charge is 0.324 e. The number of rotatable bonds is 4. The van der Waals surface area contributed by atoms with E-state index in [2.05, 4.69) is 10.6 Å². The van der Waals surface area contributed by atoms with Crippen LogP contribution < -0.4 is 10.6 Å². The number of hydrogen-bond donors (Lipinski definition) is 2. The fraction of sp³-hybridized carbons (Fsp3) is 0.158. The van der Waals surface area contributed by atoms with E-state index in [1.165, 1.54) is 6.07 Å². The Morgan fingerprint density at radius 3 is 2.62 bits per heavy atom. The molecule has 130 valence electrons. The van der Waals surface area contributed by atoms with Gasteiger partial charge in [0.15, 0.2) is 0 Å². The molecule has 7 heteroatoms. The molecule has 1 fully saturated rings. The molecule has 0 radical (unpaired) electrons. The topological polar surface area (TPSA) is 102 Å². The SMILES string of the molecule is C[C@]1(c2ccccc2)NC(=O)N(CC(=O)Nc2cccc(C#N)c2)C1=O. The van der Waals surface area contributed by atoms with E-state index in [4.69, 9.17) is 5.26 Å². The number of imide groups is 1. The van der Waals surface area contributed by atoms with Gasteiger partial charge in [0.2, 0.25) is 5.91 Å². The number of nitriles is 1. The summed E-state index contributed by atoms with van der Waals surface area (Å²) in [5, 5.41) is 14.1. The van der Waals surface area contributed by atoms with Crippen molar-refractivity contribution < 1.29 is 14.4 Å². The average molecular weight is 348 g/mol. The molecule has 2 aromatic carbocycles. The van der Waals surface area contributed by atoms with Crippen molar-refractivity contribution in [2.45, 2.75) is 12.5 Å². The van der Waals surface area contributed by atoms with Crippen LogP contribution in [0.3, 0.4) is 0 Å². The predicted octanol–water partition coefficient (Wildman–Crippen LogP) is 1.96. The van der Waals surface area contributed by atoms with Crippen LogP contribution in [0.2, 0.25) is 0 Å². The fourth-order valence-corrected chi connectivity index (χ4v) is 2.82. The van der Waals surface area contributed by atoms with Crippen molar-refractivity contribution in [1.29, 1.82) is 5.26 Å². The van der Waals surface area contributed by atoms with Crippen molar-refractivity contribution in [2.75, 3.05) is 11.9 Å². The fourth-order valence-electron chi connectivity index (χ4n) is 2.82. The first-order valence-corrected chi connectivity index (χ1v) is 7.94. The first-order chi connectivity index (χ1) is 12.4. The summed E-state index contributed by atoms with van der Waals surface area (Å²) in [7, 11) is 0. The Labute approximate surface area is 150 Å². The molecule has 2 N–H and O–H groups in total. The van der Waals surface area contributed by atoms with Crippen LogP contribution >= 0.6 is 0 Å². The van der Waals surface area contributed by atoms with Crippen molar-refractivity contribution in [3.05, 3.63) is 65.7 Å². The molecule has 1 heterocycles. The van der Waals surface area contributed by atoms with E-state index in [1.54, 1.807) is 49.4 Å². The van der Waals surface area contributed by atoms with Crippen LogP contribution in [0.4, 0.5) is 10.5 Å². The van der Waals surface area contributed by atoms with E-state index in [-0.39, 0.29) is 0 Å². The molecule has 0 spiro atoms. The highest BCUT2D eigenvalue weighted by molar-refractivity contribution is 6.10. The van der Waals surface area contributed by atoms with Crippen LogP contribution in [0, 0.1) is 11.3 Å². The quantitative estimate of drug-likeness (QED) is 0.825. The summed E-state index contributed by atoms with van der Waals surface area (Å²) in [5.74, 6) is -1.02. The molecule has 26 heavy (non-hydrogen) atoms. The Morgan fingerprint density at radius 2 is 1.92 bits per heavy atom. The monoisotopic (exact) mass is 348 g/mol.